The minimum absolute atomic E-state index is 0.00478. The van der Waals surface area contributed by atoms with Gasteiger partial charge in [-0.2, -0.15) is 13.2 Å². The molecule has 0 unspecified atom stereocenters. The number of hydrogen-bond acceptors (Lipinski definition) is 5. The van der Waals surface area contributed by atoms with Crippen molar-refractivity contribution in [2.75, 3.05) is 0 Å². The normalized spacial score (nSPS) is 13.0. The van der Waals surface area contributed by atoms with Crippen molar-refractivity contribution in [2.45, 2.75) is 43.5 Å². The lowest BCUT2D eigenvalue weighted by molar-refractivity contribution is -0.0435. The van der Waals surface area contributed by atoms with Gasteiger partial charge in [0.25, 0.3) is 15.4 Å². The number of hydrogen-bond donors (Lipinski definition) is 2. The largest absolute Gasteiger partial charge is 0.507 e. The van der Waals surface area contributed by atoms with E-state index >= 15 is 0 Å². The molecule has 0 aliphatic heterocycles. The quantitative estimate of drug-likeness (QED) is 0.622. The first-order chi connectivity index (χ1) is 13.6. The molecule has 1 aromatic heterocycles. The van der Waals surface area contributed by atoms with Crippen LogP contribution >= 0.6 is 0 Å². The molecule has 0 fully saturated rings. The molecule has 160 valence electrons. The van der Waals surface area contributed by atoms with E-state index < -0.39 is 31.2 Å². The number of aromatic hydroxyl groups is 1. The summed E-state index contributed by atoms with van der Waals surface area (Å²) in [6, 6.07) is 5.96. The van der Waals surface area contributed by atoms with Gasteiger partial charge < -0.3 is 10.1 Å². The fourth-order valence-electron chi connectivity index (χ4n) is 3.13. The number of alkyl halides is 3. The minimum Gasteiger partial charge on any atom is -0.507 e. The van der Waals surface area contributed by atoms with Crippen LogP contribution in [0.3, 0.4) is 0 Å². The van der Waals surface area contributed by atoms with Crippen molar-refractivity contribution in [1.29, 1.82) is 0 Å². The van der Waals surface area contributed by atoms with E-state index in [4.69, 9.17) is 0 Å². The standard InChI is InChI=1S/C20H19F3N2O4S/c1-10-5-7-13(19(2,3)4)16(26)15(10)17-24-14-8-6-11(9-12(14)18(27)25-17)30(28,29)20(21,22)23/h5-9,26H,1-4H3,(H,24,25,27). The van der Waals surface area contributed by atoms with Gasteiger partial charge in [-0.1, -0.05) is 32.9 Å². The van der Waals surface area contributed by atoms with E-state index in [-0.39, 0.29) is 28.0 Å². The van der Waals surface area contributed by atoms with Gasteiger partial charge in [0.15, 0.2) is 0 Å². The number of phenolic OH excluding ortho intramolecular Hbond substituents is 1. The SMILES string of the molecule is Cc1ccc(C(C)(C)C)c(O)c1-c1nc2ccc(S(=O)(=O)C(F)(F)F)cc2c(=O)[nH]1. The van der Waals surface area contributed by atoms with Crippen LogP contribution in [0.1, 0.15) is 31.9 Å². The topological polar surface area (TPSA) is 100 Å². The average Bonchev–Trinajstić information content (AvgIpc) is 2.59. The molecule has 10 heteroatoms. The van der Waals surface area contributed by atoms with Crippen LogP contribution < -0.4 is 5.56 Å². The third-order valence-electron chi connectivity index (χ3n) is 4.72. The second-order valence-electron chi connectivity index (χ2n) is 7.95. The second kappa shape index (κ2) is 6.83. The molecule has 0 saturated heterocycles. The molecule has 0 spiro atoms. The molecular formula is C20H19F3N2O4S. The number of nitrogens with one attached hydrogen (secondary N) is 1. The molecule has 1 heterocycles. The molecule has 0 amide bonds. The van der Waals surface area contributed by atoms with Gasteiger partial charge in [0, 0.05) is 5.56 Å². The lowest BCUT2D eigenvalue weighted by Crippen LogP contribution is -2.23. The van der Waals surface area contributed by atoms with Gasteiger partial charge in [-0.15, -0.1) is 0 Å². The Morgan fingerprint density at radius 1 is 1.07 bits per heavy atom. The lowest BCUT2D eigenvalue weighted by atomic mass is 9.84. The number of H-pyrrole nitrogens is 1. The van der Waals surface area contributed by atoms with Crippen LogP contribution in [0.4, 0.5) is 13.2 Å². The maximum absolute atomic E-state index is 12.8. The van der Waals surface area contributed by atoms with Gasteiger partial charge in [0.05, 0.1) is 21.4 Å². The highest BCUT2D eigenvalue weighted by Gasteiger charge is 2.47. The lowest BCUT2D eigenvalue weighted by Gasteiger charge is -2.22. The van der Waals surface area contributed by atoms with Gasteiger partial charge in [-0.05, 0) is 36.1 Å². The van der Waals surface area contributed by atoms with E-state index in [2.05, 4.69) is 9.97 Å². The predicted molar refractivity (Wildman–Crippen MR) is 106 cm³/mol. The number of aromatic amines is 1. The number of rotatable bonds is 2. The first-order valence-electron chi connectivity index (χ1n) is 8.83. The van der Waals surface area contributed by atoms with E-state index in [9.17, 15) is 31.5 Å². The number of aryl methyl sites for hydroxylation is 1. The number of benzene rings is 2. The third kappa shape index (κ3) is 3.55. The summed E-state index contributed by atoms with van der Waals surface area (Å²) in [5, 5.41) is 10.5. The molecule has 3 rings (SSSR count). The molecule has 0 bridgehead atoms. The molecule has 30 heavy (non-hydrogen) atoms. The fourth-order valence-corrected chi connectivity index (χ4v) is 3.92. The molecule has 0 radical (unpaired) electrons. The Hall–Kier alpha value is -2.88. The molecule has 2 aromatic carbocycles. The third-order valence-corrected chi connectivity index (χ3v) is 6.21. The van der Waals surface area contributed by atoms with Crippen molar-refractivity contribution in [3.8, 4) is 17.1 Å². The highest BCUT2D eigenvalue weighted by Crippen LogP contribution is 2.39. The van der Waals surface area contributed by atoms with Crippen LogP contribution in [-0.4, -0.2) is 29.0 Å². The van der Waals surface area contributed by atoms with Crippen LogP contribution in [0.15, 0.2) is 40.0 Å². The van der Waals surface area contributed by atoms with E-state index in [0.29, 0.717) is 17.2 Å². The van der Waals surface area contributed by atoms with Crippen molar-refractivity contribution < 1.29 is 26.7 Å². The average molecular weight is 440 g/mol. The number of sulfone groups is 1. The van der Waals surface area contributed by atoms with E-state index in [0.717, 1.165) is 12.1 Å². The summed E-state index contributed by atoms with van der Waals surface area (Å²) >= 11 is 0. The second-order valence-corrected chi connectivity index (χ2v) is 9.89. The van der Waals surface area contributed by atoms with Crippen LogP contribution in [0.2, 0.25) is 0 Å². The summed E-state index contributed by atoms with van der Waals surface area (Å²) in [6.07, 6.45) is 0. The van der Waals surface area contributed by atoms with E-state index in [1.807, 2.05) is 20.8 Å². The van der Waals surface area contributed by atoms with Crippen LogP contribution in [0, 0.1) is 6.92 Å². The van der Waals surface area contributed by atoms with Gasteiger partial charge in [0.2, 0.25) is 0 Å². The smallest absolute Gasteiger partial charge is 0.501 e. The maximum Gasteiger partial charge on any atom is 0.501 e. The molecule has 2 N–H and O–H groups in total. The summed E-state index contributed by atoms with van der Waals surface area (Å²) in [5.41, 5.74) is -5.18. The Kier molecular flexibility index (Phi) is 4.97. The van der Waals surface area contributed by atoms with Crippen molar-refractivity contribution in [3.05, 3.63) is 51.8 Å². The molecular weight excluding hydrogens is 421 g/mol. The Morgan fingerprint density at radius 2 is 1.70 bits per heavy atom. The first kappa shape index (κ1) is 21.8. The zero-order valence-electron chi connectivity index (χ0n) is 16.5. The molecule has 0 saturated carbocycles. The summed E-state index contributed by atoms with van der Waals surface area (Å²) in [5.74, 6) is -0.0405. The number of nitrogens with zero attached hydrogens (tertiary/aromatic N) is 1. The van der Waals surface area contributed by atoms with Crippen molar-refractivity contribution in [3.63, 3.8) is 0 Å². The molecule has 0 aliphatic carbocycles. The van der Waals surface area contributed by atoms with Crippen LogP contribution in [-0.2, 0) is 15.3 Å². The Labute approximate surface area is 170 Å². The molecule has 0 atom stereocenters. The minimum atomic E-state index is -5.60. The number of halogens is 3. The number of phenols is 1. The zero-order chi connectivity index (χ0) is 22.6. The first-order valence-corrected chi connectivity index (χ1v) is 10.3. The van der Waals surface area contributed by atoms with Crippen LogP contribution in [0.25, 0.3) is 22.3 Å². The van der Waals surface area contributed by atoms with Crippen molar-refractivity contribution in [1.82, 2.24) is 9.97 Å². The molecule has 3 aromatic rings. The summed E-state index contributed by atoms with van der Waals surface area (Å²) in [4.78, 5) is 18.2. The van der Waals surface area contributed by atoms with E-state index in [1.165, 1.54) is 0 Å². The van der Waals surface area contributed by atoms with Gasteiger partial charge in [-0.3, -0.25) is 4.79 Å². The molecule has 6 nitrogen and oxygen atoms in total. The number of fused-ring (bicyclic) bond motifs is 1. The van der Waals surface area contributed by atoms with E-state index in [1.54, 1.807) is 19.1 Å². The van der Waals surface area contributed by atoms with Gasteiger partial charge >= 0.3 is 5.51 Å². The van der Waals surface area contributed by atoms with Crippen molar-refractivity contribution in [2.24, 2.45) is 0 Å². The summed E-state index contributed by atoms with van der Waals surface area (Å²) < 4.78 is 61.7. The molecule has 0 aliphatic rings. The Morgan fingerprint density at radius 3 is 2.27 bits per heavy atom. The Balaban J connectivity index is 2.26. The monoisotopic (exact) mass is 440 g/mol. The zero-order valence-corrected chi connectivity index (χ0v) is 17.4. The number of aromatic nitrogens is 2. The summed E-state index contributed by atoms with van der Waals surface area (Å²) in [6.45, 7) is 7.42. The highest BCUT2D eigenvalue weighted by molar-refractivity contribution is 7.92. The van der Waals surface area contributed by atoms with Crippen LogP contribution in [0.5, 0.6) is 5.75 Å². The fraction of sp³-hybridized carbons (Fsp3) is 0.300. The van der Waals surface area contributed by atoms with Gasteiger partial charge in [0.1, 0.15) is 11.6 Å². The Bertz CT molecular complexity index is 1320. The summed E-state index contributed by atoms with van der Waals surface area (Å²) in [7, 11) is -5.60. The maximum atomic E-state index is 12.8. The van der Waals surface area contributed by atoms with Gasteiger partial charge in [-0.25, -0.2) is 13.4 Å². The highest BCUT2D eigenvalue weighted by atomic mass is 32.2. The predicted octanol–water partition coefficient (Wildman–Crippen LogP) is 4.20. The van der Waals surface area contributed by atoms with Crippen molar-refractivity contribution >= 4 is 20.7 Å².